The summed E-state index contributed by atoms with van der Waals surface area (Å²) in [4.78, 5) is 0. The molecule has 3 aromatic carbocycles. The van der Waals surface area contributed by atoms with Gasteiger partial charge in [-0.05, 0) is 38.8 Å². The number of nitrogens with two attached hydrogens (primary N) is 1. The summed E-state index contributed by atoms with van der Waals surface area (Å²) in [7, 11) is 0. The van der Waals surface area contributed by atoms with Crippen LogP contribution in [0.15, 0.2) is 59.1 Å². The fourth-order valence-corrected chi connectivity index (χ4v) is 3.04. The van der Waals surface area contributed by atoms with Crippen LogP contribution < -0.4 is 10.5 Å². The summed E-state index contributed by atoms with van der Waals surface area (Å²) in [5, 5.41) is 2.80. The van der Waals surface area contributed by atoms with Crippen molar-refractivity contribution in [2.24, 2.45) is 5.73 Å². The average molecular weight is 363 g/mol. The molecule has 0 aliphatic rings. The maximum atomic E-state index is 6.23. The van der Waals surface area contributed by atoms with Crippen molar-refractivity contribution in [1.29, 1.82) is 0 Å². The summed E-state index contributed by atoms with van der Waals surface area (Å²) in [6.07, 6.45) is 0. The predicted molar refractivity (Wildman–Crippen MR) is 91.1 cm³/mol. The van der Waals surface area contributed by atoms with Gasteiger partial charge < -0.3 is 10.5 Å². The third-order valence-corrected chi connectivity index (χ3v) is 4.42. The normalized spacial score (nSPS) is 10.8. The second kappa shape index (κ2) is 6.06. The van der Waals surface area contributed by atoms with E-state index >= 15 is 0 Å². The van der Waals surface area contributed by atoms with Gasteiger partial charge in [-0.15, -0.1) is 0 Å². The van der Waals surface area contributed by atoms with E-state index in [1.54, 1.807) is 6.07 Å². The van der Waals surface area contributed by atoms with Crippen LogP contribution in [0.3, 0.4) is 0 Å². The number of benzene rings is 3. The van der Waals surface area contributed by atoms with Crippen LogP contribution in [0.25, 0.3) is 10.8 Å². The highest BCUT2D eigenvalue weighted by Crippen LogP contribution is 2.39. The number of halogens is 2. The van der Waals surface area contributed by atoms with Gasteiger partial charge in [0.2, 0.25) is 0 Å². The Hall–Kier alpha value is -1.55. The molecule has 0 spiro atoms. The molecule has 2 nitrogen and oxygen atoms in total. The summed E-state index contributed by atoms with van der Waals surface area (Å²) in [5.41, 5.74) is 6.63. The first kappa shape index (κ1) is 14.4. The van der Waals surface area contributed by atoms with Gasteiger partial charge in [-0.3, -0.25) is 0 Å². The third kappa shape index (κ3) is 2.77. The third-order valence-electron chi connectivity index (χ3n) is 3.31. The standard InChI is InChI=1S/C17H13BrClNO/c18-16-13-6-2-1-4-11(13)8-9-15(16)21-17-12(10-20)5-3-7-14(17)19/h1-9H,10,20H2. The van der Waals surface area contributed by atoms with Crippen LogP contribution in [-0.4, -0.2) is 0 Å². The van der Waals surface area contributed by atoms with Crippen molar-refractivity contribution in [3.8, 4) is 11.5 Å². The van der Waals surface area contributed by atoms with Gasteiger partial charge in [-0.25, -0.2) is 0 Å². The summed E-state index contributed by atoms with van der Waals surface area (Å²) in [5.74, 6) is 1.33. The maximum Gasteiger partial charge on any atom is 0.150 e. The van der Waals surface area contributed by atoms with Crippen LogP contribution >= 0.6 is 27.5 Å². The molecule has 0 bridgehead atoms. The minimum atomic E-state index is 0.376. The molecule has 0 atom stereocenters. The number of hydrogen-bond acceptors (Lipinski definition) is 2. The molecule has 4 heteroatoms. The van der Waals surface area contributed by atoms with Crippen molar-refractivity contribution in [1.82, 2.24) is 0 Å². The topological polar surface area (TPSA) is 35.2 Å². The lowest BCUT2D eigenvalue weighted by Gasteiger charge is -2.14. The van der Waals surface area contributed by atoms with Gasteiger partial charge in [0.25, 0.3) is 0 Å². The maximum absolute atomic E-state index is 6.23. The van der Waals surface area contributed by atoms with Crippen molar-refractivity contribution in [3.63, 3.8) is 0 Å². The molecule has 0 unspecified atom stereocenters. The summed E-state index contributed by atoms with van der Waals surface area (Å²) in [6, 6.07) is 17.6. The number of fused-ring (bicyclic) bond motifs is 1. The largest absolute Gasteiger partial charge is 0.454 e. The Morgan fingerprint density at radius 2 is 1.81 bits per heavy atom. The van der Waals surface area contributed by atoms with E-state index in [-0.39, 0.29) is 0 Å². The zero-order valence-corrected chi connectivity index (χ0v) is 13.5. The molecule has 0 amide bonds. The summed E-state index contributed by atoms with van der Waals surface area (Å²) >= 11 is 9.84. The SMILES string of the molecule is NCc1cccc(Cl)c1Oc1ccc2ccccc2c1Br. The van der Waals surface area contributed by atoms with Gasteiger partial charge in [-0.1, -0.05) is 54.1 Å². The van der Waals surface area contributed by atoms with Gasteiger partial charge in [0.05, 0.1) is 9.50 Å². The van der Waals surface area contributed by atoms with Crippen molar-refractivity contribution >= 4 is 38.3 Å². The zero-order valence-electron chi connectivity index (χ0n) is 11.1. The minimum absolute atomic E-state index is 0.376. The van der Waals surface area contributed by atoms with Gasteiger partial charge in [0.15, 0.2) is 5.75 Å². The molecule has 21 heavy (non-hydrogen) atoms. The summed E-state index contributed by atoms with van der Waals surface area (Å²) < 4.78 is 6.92. The minimum Gasteiger partial charge on any atom is -0.454 e. The number of hydrogen-bond donors (Lipinski definition) is 1. The van der Waals surface area contributed by atoms with Crippen LogP contribution in [0.2, 0.25) is 5.02 Å². The van der Waals surface area contributed by atoms with Crippen LogP contribution in [0.5, 0.6) is 11.5 Å². The monoisotopic (exact) mass is 361 g/mol. The first-order chi connectivity index (χ1) is 10.2. The molecule has 0 radical (unpaired) electrons. The lowest BCUT2D eigenvalue weighted by atomic mass is 10.1. The lowest BCUT2D eigenvalue weighted by molar-refractivity contribution is 0.474. The Labute approximate surface area is 136 Å². The van der Waals surface area contributed by atoms with E-state index in [4.69, 9.17) is 22.1 Å². The quantitative estimate of drug-likeness (QED) is 0.667. The lowest BCUT2D eigenvalue weighted by Crippen LogP contribution is -2.00. The highest BCUT2D eigenvalue weighted by atomic mass is 79.9. The molecular weight excluding hydrogens is 350 g/mol. The smallest absolute Gasteiger partial charge is 0.150 e. The first-order valence-electron chi connectivity index (χ1n) is 6.53. The number of para-hydroxylation sites is 1. The molecule has 3 rings (SSSR count). The molecule has 0 saturated heterocycles. The molecule has 2 N–H and O–H groups in total. The molecule has 0 fully saturated rings. The Balaban J connectivity index is 2.09. The molecule has 0 aliphatic carbocycles. The van der Waals surface area contributed by atoms with Crippen LogP contribution in [0, 0.1) is 0 Å². The molecule has 0 aliphatic heterocycles. The Morgan fingerprint density at radius 3 is 2.62 bits per heavy atom. The van der Waals surface area contributed by atoms with Gasteiger partial charge >= 0.3 is 0 Å². The van der Waals surface area contributed by atoms with E-state index in [2.05, 4.69) is 22.0 Å². The second-order valence-electron chi connectivity index (χ2n) is 4.63. The second-order valence-corrected chi connectivity index (χ2v) is 5.83. The number of rotatable bonds is 3. The molecule has 0 saturated carbocycles. The zero-order chi connectivity index (χ0) is 14.8. The van der Waals surface area contributed by atoms with E-state index in [1.165, 1.54) is 0 Å². The Bertz CT molecular complexity index is 804. The van der Waals surface area contributed by atoms with E-state index < -0.39 is 0 Å². The Kier molecular flexibility index (Phi) is 4.15. The van der Waals surface area contributed by atoms with Crippen molar-refractivity contribution in [2.45, 2.75) is 6.54 Å². The highest BCUT2D eigenvalue weighted by Gasteiger charge is 2.12. The van der Waals surface area contributed by atoms with Crippen LogP contribution in [-0.2, 0) is 6.54 Å². The molecule has 0 heterocycles. The average Bonchev–Trinajstić information content (AvgIpc) is 2.52. The van der Waals surface area contributed by atoms with E-state index in [9.17, 15) is 0 Å². The first-order valence-corrected chi connectivity index (χ1v) is 7.70. The fraction of sp³-hybridized carbons (Fsp3) is 0.0588. The van der Waals surface area contributed by atoms with Crippen LogP contribution in [0.1, 0.15) is 5.56 Å². The summed E-state index contributed by atoms with van der Waals surface area (Å²) in [6.45, 7) is 0.376. The van der Waals surface area contributed by atoms with E-state index in [1.807, 2.05) is 42.5 Å². The highest BCUT2D eigenvalue weighted by molar-refractivity contribution is 9.10. The van der Waals surface area contributed by atoms with Crippen molar-refractivity contribution in [3.05, 3.63) is 69.7 Å². The molecule has 3 aromatic rings. The fourth-order valence-electron chi connectivity index (χ4n) is 2.23. The van der Waals surface area contributed by atoms with E-state index in [0.29, 0.717) is 17.3 Å². The number of ether oxygens (including phenoxy) is 1. The van der Waals surface area contributed by atoms with Gasteiger partial charge in [0, 0.05) is 12.1 Å². The molecule has 0 aromatic heterocycles. The van der Waals surface area contributed by atoms with Crippen molar-refractivity contribution < 1.29 is 4.74 Å². The van der Waals surface area contributed by atoms with Gasteiger partial charge in [-0.2, -0.15) is 0 Å². The van der Waals surface area contributed by atoms with Crippen molar-refractivity contribution in [2.75, 3.05) is 0 Å². The Morgan fingerprint density at radius 1 is 1.00 bits per heavy atom. The van der Waals surface area contributed by atoms with Gasteiger partial charge in [0.1, 0.15) is 5.75 Å². The van der Waals surface area contributed by atoms with E-state index in [0.717, 1.165) is 26.6 Å². The predicted octanol–water partition coefficient (Wildman–Crippen LogP) is 5.51. The molecular formula is C17H13BrClNO. The van der Waals surface area contributed by atoms with Crippen LogP contribution in [0.4, 0.5) is 0 Å². The molecule has 106 valence electrons.